The normalized spacial score (nSPS) is 23.9. The number of nitrogens with zero attached hydrogens (tertiary/aromatic N) is 3. The molecule has 4 nitrogen and oxygen atoms in total. The molecule has 0 N–H and O–H groups in total. The van der Waals surface area contributed by atoms with Gasteiger partial charge in [-0.05, 0) is 74.4 Å². The zero-order valence-corrected chi connectivity index (χ0v) is 18.6. The van der Waals surface area contributed by atoms with Crippen molar-refractivity contribution in [3.63, 3.8) is 0 Å². The molecule has 1 spiro atoms. The summed E-state index contributed by atoms with van der Waals surface area (Å²) >= 11 is 0. The van der Waals surface area contributed by atoms with Crippen molar-refractivity contribution in [3.05, 3.63) is 54.1 Å². The number of likely N-dealkylation sites (tertiary alicyclic amines) is 1. The van der Waals surface area contributed by atoms with Crippen LogP contribution in [0.4, 0.5) is 11.4 Å². The van der Waals surface area contributed by atoms with Crippen molar-refractivity contribution < 1.29 is 4.74 Å². The van der Waals surface area contributed by atoms with E-state index in [1.54, 1.807) is 0 Å². The molecular formula is C27H35N3O. The number of benzene rings is 2. The van der Waals surface area contributed by atoms with E-state index in [0.717, 1.165) is 44.4 Å². The van der Waals surface area contributed by atoms with Crippen LogP contribution in [0, 0.1) is 0 Å². The van der Waals surface area contributed by atoms with E-state index < -0.39 is 0 Å². The molecule has 31 heavy (non-hydrogen) atoms. The molecule has 164 valence electrons. The lowest BCUT2D eigenvalue weighted by Crippen LogP contribution is -2.53. The van der Waals surface area contributed by atoms with Gasteiger partial charge in [-0.3, -0.25) is 0 Å². The number of hydrogen-bond donors (Lipinski definition) is 0. The summed E-state index contributed by atoms with van der Waals surface area (Å²) in [7, 11) is 0. The Kier molecular flexibility index (Phi) is 5.06. The maximum Gasteiger partial charge on any atom is 0.123 e. The van der Waals surface area contributed by atoms with Crippen molar-refractivity contribution in [2.45, 2.75) is 56.6 Å². The molecule has 3 fully saturated rings. The fourth-order valence-electron chi connectivity index (χ4n) is 5.97. The highest BCUT2D eigenvalue weighted by atomic mass is 16.5. The molecular weight excluding hydrogens is 382 g/mol. The van der Waals surface area contributed by atoms with Crippen molar-refractivity contribution in [1.82, 2.24) is 4.90 Å². The lowest BCUT2D eigenvalue weighted by atomic mass is 9.81. The second-order valence-corrected chi connectivity index (χ2v) is 10.0. The van der Waals surface area contributed by atoms with Crippen LogP contribution in [-0.4, -0.2) is 55.8 Å². The number of piperazine rings is 1. The second kappa shape index (κ2) is 8.05. The number of ether oxygens (including phenoxy) is 1. The molecule has 3 aliphatic heterocycles. The molecule has 4 heteroatoms. The third-order valence-corrected chi connectivity index (χ3v) is 8.29. The Balaban J connectivity index is 1.09. The van der Waals surface area contributed by atoms with Gasteiger partial charge in [-0.25, -0.2) is 0 Å². The number of piperidine rings is 1. The van der Waals surface area contributed by atoms with Gasteiger partial charge in [0.05, 0.1) is 0 Å². The highest BCUT2D eigenvalue weighted by Crippen LogP contribution is 2.42. The number of para-hydroxylation sites is 1. The number of anilines is 2. The zero-order valence-electron chi connectivity index (χ0n) is 18.6. The summed E-state index contributed by atoms with van der Waals surface area (Å²) < 4.78 is 6.70. The van der Waals surface area contributed by atoms with Gasteiger partial charge in [0, 0.05) is 56.7 Å². The Bertz CT molecular complexity index is 894. The Morgan fingerprint density at radius 3 is 2.13 bits per heavy atom. The van der Waals surface area contributed by atoms with E-state index in [1.165, 1.54) is 68.6 Å². The highest BCUT2D eigenvalue weighted by Gasteiger charge is 2.41. The van der Waals surface area contributed by atoms with E-state index in [0.29, 0.717) is 0 Å². The third-order valence-electron chi connectivity index (χ3n) is 8.29. The fraction of sp³-hybridized carbons (Fsp3) is 0.556. The molecule has 6 rings (SSSR count). The molecule has 0 radical (unpaired) electrons. The summed E-state index contributed by atoms with van der Waals surface area (Å²) in [6, 6.07) is 18.6. The minimum Gasteiger partial charge on any atom is -0.487 e. The van der Waals surface area contributed by atoms with Gasteiger partial charge in [0.15, 0.2) is 0 Å². The first kappa shape index (κ1) is 19.5. The lowest BCUT2D eigenvalue weighted by molar-refractivity contribution is -0.0336. The summed E-state index contributed by atoms with van der Waals surface area (Å²) in [6.45, 7) is 6.77. The molecule has 1 aliphatic carbocycles. The maximum absolute atomic E-state index is 6.70. The first-order chi connectivity index (χ1) is 15.3. The van der Waals surface area contributed by atoms with E-state index in [1.807, 2.05) is 0 Å². The van der Waals surface area contributed by atoms with E-state index in [2.05, 4.69) is 63.2 Å². The van der Waals surface area contributed by atoms with Crippen molar-refractivity contribution >= 4 is 11.4 Å². The van der Waals surface area contributed by atoms with Crippen molar-refractivity contribution in [2.75, 3.05) is 49.1 Å². The van der Waals surface area contributed by atoms with Gasteiger partial charge in [0.25, 0.3) is 0 Å². The van der Waals surface area contributed by atoms with Gasteiger partial charge < -0.3 is 19.4 Å². The Labute approximate surface area is 186 Å². The van der Waals surface area contributed by atoms with Crippen LogP contribution in [-0.2, 0) is 6.42 Å². The number of rotatable bonds is 3. The smallest absolute Gasteiger partial charge is 0.123 e. The molecule has 0 unspecified atom stereocenters. The summed E-state index contributed by atoms with van der Waals surface area (Å²) in [6.07, 6.45) is 9.01. The Morgan fingerprint density at radius 2 is 1.45 bits per heavy atom. The van der Waals surface area contributed by atoms with Gasteiger partial charge >= 0.3 is 0 Å². The summed E-state index contributed by atoms with van der Waals surface area (Å²) in [4.78, 5) is 7.77. The predicted molar refractivity (Wildman–Crippen MR) is 127 cm³/mol. The first-order valence-corrected chi connectivity index (χ1v) is 12.4. The van der Waals surface area contributed by atoms with Crippen LogP contribution in [0.5, 0.6) is 5.75 Å². The Morgan fingerprint density at radius 1 is 0.742 bits per heavy atom. The number of hydrogen-bond acceptors (Lipinski definition) is 4. The van der Waals surface area contributed by atoms with Crippen LogP contribution in [0.25, 0.3) is 0 Å². The minimum absolute atomic E-state index is 0.0933. The van der Waals surface area contributed by atoms with Crippen LogP contribution in [0.1, 0.15) is 44.1 Å². The van der Waals surface area contributed by atoms with E-state index in [4.69, 9.17) is 4.74 Å². The van der Waals surface area contributed by atoms with Crippen LogP contribution in [0.2, 0.25) is 0 Å². The number of fused-ring (bicyclic) bond motifs is 1. The summed E-state index contributed by atoms with van der Waals surface area (Å²) in [5.41, 5.74) is 4.21. The largest absolute Gasteiger partial charge is 0.487 e. The van der Waals surface area contributed by atoms with Crippen molar-refractivity contribution in [3.8, 4) is 5.75 Å². The lowest BCUT2D eigenvalue weighted by Gasteiger charge is -2.48. The SMILES string of the molecule is c1ccc(N2CCN(c3ccc4c(c3)CCC3(CCN(C5CCC5)CC3)O4)CC2)cc1. The zero-order chi connectivity index (χ0) is 20.7. The van der Waals surface area contributed by atoms with Gasteiger partial charge in [0.2, 0.25) is 0 Å². The predicted octanol–water partition coefficient (Wildman–Crippen LogP) is 4.73. The second-order valence-electron chi connectivity index (χ2n) is 10.0. The van der Waals surface area contributed by atoms with E-state index in [-0.39, 0.29) is 5.60 Å². The topological polar surface area (TPSA) is 19.0 Å². The molecule has 0 amide bonds. The van der Waals surface area contributed by atoms with Gasteiger partial charge in [-0.15, -0.1) is 0 Å². The first-order valence-electron chi connectivity index (χ1n) is 12.4. The summed E-state index contributed by atoms with van der Waals surface area (Å²) in [5.74, 6) is 1.15. The van der Waals surface area contributed by atoms with E-state index in [9.17, 15) is 0 Å². The fourth-order valence-corrected chi connectivity index (χ4v) is 5.97. The van der Waals surface area contributed by atoms with E-state index >= 15 is 0 Å². The van der Waals surface area contributed by atoms with Crippen molar-refractivity contribution in [2.24, 2.45) is 0 Å². The highest BCUT2D eigenvalue weighted by molar-refractivity contribution is 5.56. The Hall–Kier alpha value is -2.20. The van der Waals surface area contributed by atoms with Crippen molar-refractivity contribution in [1.29, 1.82) is 0 Å². The monoisotopic (exact) mass is 417 g/mol. The standard InChI is InChI=1S/C27H35N3O/c1-2-5-23(6-3-1)29-17-19-30(20-18-29)25-9-10-26-22(21-25)11-12-27(31-26)13-15-28(16-14-27)24-7-4-8-24/h1-3,5-6,9-10,21,24H,4,7-8,11-20H2. The molecule has 0 bridgehead atoms. The molecule has 4 aliphatic rings. The van der Waals surface area contributed by atoms with Crippen LogP contribution >= 0.6 is 0 Å². The maximum atomic E-state index is 6.70. The molecule has 2 aromatic rings. The van der Waals surface area contributed by atoms with Gasteiger partial charge in [-0.1, -0.05) is 24.6 Å². The third kappa shape index (κ3) is 3.80. The molecule has 0 atom stereocenters. The summed E-state index contributed by atoms with van der Waals surface area (Å²) in [5, 5.41) is 0. The molecule has 2 aromatic carbocycles. The average molecular weight is 418 g/mol. The van der Waals surface area contributed by atoms with Crippen LogP contribution < -0.4 is 14.5 Å². The minimum atomic E-state index is 0.0933. The van der Waals surface area contributed by atoms with Crippen LogP contribution in [0.15, 0.2) is 48.5 Å². The molecule has 1 saturated carbocycles. The quantitative estimate of drug-likeness (QED) is 0.719. The molecule has 0 aromatic heterocycles. The number of aryl methyl sites for hydroxylation is 1. The average Bonchev–Trinajstić information content (AvgIpc) is 2.80. The molecule has 3 heterocycles. The van der Waals surface area contributed by atoms with Gasteiger partial charge in [-0.2, -0.15) is 0 Å². The molecule has 2 saturated heterocycles. The van der Waals surface area contributed by atoms with Crippen LogP contribution in [0.3, 0.4) is 0 Å². The van der Waals surface area contributed by atoms with Gasteiger partial charge in [0.1, 0.15) is 11.4 Å².